The Balaban J connectivity index is 2.09. The number of nitrogens with zero attached hydrogens (tertiary/aromatic N) is 1. The third kappa shape index (κ3) is 3.83. The van der Waals surface area contributed by atoms with Crippen molar-refractivity contribution >= 4 is 15.9 Å². The number of hydrogen-bond acceptors (Lipinski definition) is 3. The largest absolute Gasteiger partial charge is 0.343 e. The highest BCUT2D eigenvalue weighted by Gasteiger charge is 2.26. The molecule has 1 aliphatic rings. The third-order valence-electron chi connectivity index (χ3n) is 3.90. The van der Waals surface area contributed by atoms with Crippen LogP contribution in [0.15, 0.2) is 23.1 Å². The van der Waals surface area contributed by atoms with Gasteiger partial charge in [-0.3, -0.25) is 4.79 Å². The lowest BCUT2D eigenvalue weighted by atomic mass is 10.1. The zero-order valence-electron chi connectivity index (χ0n) is 12.7. The molecular formula is C15H22N2O3S. The average molecular weight is 310 g/mol. The smallest absolute Gasteiger partial charge is 0.241 e. The number of hydrogen-bond donors (Lipinski definition) is 1. The number of carbonyl (C=O) groups excluding carboxylic acids is 1. The minimum absolute atomic E-state index is 0.0471. The lowest BCUT2D eigenvalue weighted by Crippen LogP contribution is -2.46. The number of amides is 1. The molecule has 1 heterocycles. The van der Waals surface area contributed by atoms with Crippen molar-refractivity contribution in [1.82, 2.24) is 9.62 Å². The Hall–Kier alpha value is -1.40. The first kappa shape index (κ1) is 16.0. The van der Waals surface area contributed by atoms with Gasteiger partial charge in [-0.2, -0.15) is 0 Å². The molecule has 0 spiro atoms. The Labute approximate surface area is 126 Å². The van der Waals surface area contributed by atoms with Gasteiger partial charge in [0, 0.05) is 26.1 Å². The number of aryl methyl sites for hydroxylation is 2. The van der Waals surface area contributed by atoms with Crippen LogP contribution < -0.4 is 4.72 Å². The van der Waals surface area contributed by atoms with Gasteiger partial charge < -0.3 is 4.90 Å². The molecule has 0 aromatic heterocycles. The summed E-state index contributed by atoms with van der Waals surface area (Å²) >= 11 is 0. The summed E-state index contributed by atoms with van der Waals surface area (Å²) in [7, 11) is -3.50. The monoisotopic (exact) mass is 310 g/mol. The van der Waals surface area contributed by atoms with Gasteiger partial charge in [-0.15, -0.1) is 0 Å². The van der Waals surface area contributed by atoms with Crippen molar-refractivity contribution in [3.8, 4) is 0 Å². The van der Waals surface area contributed by atoms with Crippen molar-refractivity contribution in [2.75, 3.05) is 13.1 Å². The van der Waals surface area contributed by atoms with Crippen LogP contribution in [0.4, 0.5) is 0 Å². The Morgan fingerprint density at radius 3 is 2.43 bits per heavy atom. The topological polar surface area (TPSA) is 66.5 Å². The van der Waals surface area contributed by atoms with Gasteiger partial charge in [0.1, 0.15) is 0 Å². The highest BCUT2D eigenvalue weighted by Crippen LogP contribution is 2.19. The second-order valence-electron chi connectivity index (χ2n) is 5.67. The van der Waals surface area contributed by atoms with Crippen LogP contribution in [0.25, 0.3) is 0 Å². The van der Waals surface area contributed by atoms with Crippen molar-refractivity contribution in [1.29, 1.82) is 0 Å². The van der Waals surface area contributed by atoms with E-state index in [0.717, 1.165) is 11.1 Å². The molecular weight excluding hydrogens is 288 g/mol. The van der Waals surface area contributed by atoms with Crippen LogP contribution in [0.1, 0.15) is 30.9 Å². The van der Waals surface area contributed by atoms with Crippen LogP contribution >= 0.6 is 0 Å². The van der Waals surface area contributed by atoms with Crippen molar-refractivity contribution in [2.45, 2.75) is 44.6 Å². The van der Waals surface area contributed by atoms with Gasteiger partial charge in [-0.05, 0) is 43.9 Å². The first-order valence-electron chi connectivity index (χ1n) is 7.14. The van der Waals surface area contributed by atoms with Gasteiger partial charge in [0.15, 0.2) is 0 Å². The Morgan fingerprint density at radius 2 is 1.86 bits per heavy atom. The summed E-state index contributed by atoms with van der Waals surface area (Å²) in [5, 5.41) is 0. The lowest BCUT2D eigenvalue weighted by molar-refractivity contribution is -0.129. The second kappa shape index (κ2) is 6.15. The molecule has 116 valence electrons. The van der Waals surface area contributed by atoms with E-state index in [4.69, 9.17) is 0 Å². The molecule has 0 atom stereocenters. The molecule has 1 saturated heterocycles. The van der Waals surface area contributed by atoms with E-state index in [9.17, 15) is 13.2 Å². The molecule has 1 amide bonds. The Morgan fingerprint density at radius 1 is 1.24 bits per heavy atom. The zero-order valence-corrected chi connectivity index (χ0v) is 13.5. The molecule has 1 fully saturated rings. The van der Waals surface area contributed by atoms with E-state index in [1.54, 1.807) is 24.8 Å². The number of benzene rings is 1. The van der Waals surface area contributed by atoms with Crippen molar-refractivity contribution in [3.05, 3.63) is 29.3 Å². The molecule has 21 heavy (non-hydrogen) atoms. The predicted molar refractivity (Wildman–Crippen MR) is 81.5 cm³/mol. The summed E-state index contributed by atoms with van der Waals surface area (Å²) < 4.78 is 27.8. The van der Waals surface area contributed by atoms with Crippen LogP contribution in [0.2, 0.25) is 0 Å². The van der Waals surface area contributed by atoms with Gasteiger partial charge in [0.25, 0.3) is 0 Å². The quantitative estimate of drug-likeness (QED) is 0.922. The maximum Gasteiger partial charge on any atom is 0.241 e. The van der Waals surface area contributed by atoms with Crippen molar-refractivity contribution in [3.63, 3.8) is 0 Å². The number of piperidine rings is 1. The van der Waals surface area contributed by atoms with Gasteiger partial charge in [-0.25, -0.2) is 13.1 Å². The van der Waals surface area contributed by atoms with Gasteiger partial charge in [0.2, 0.25) is 15.9 Å². The summed E-state index contributed by atoms with van der Waals surface area (Å²) in [5.74, 6) is 0.0471. The van der Waals surface area contributed by atoms with Crippen LogP contribution in [-0.4, -0.2) is 38.4 Å². The summed E-state index contributed by atoms with van der Waals surface area (Å²) in [4.78, 5) is 13.4. The van der Waals surface area contributed by atoms with E-state index in [0.29, 0.717) is 30.8 Å². The standard InChI is InChI=1S/C15H22N2O3S/c1-11-4-5-12(2)15(10-11)21(19,20)16-14-6-8-17(9-7-14)13(3)18/h4-5,10,14,16H,6-9H2,1-3H3. The lowest BCUT2D eigenvalue weighted by Gasteiger charge is -2.31. The number of sulfonamides is 1. The van der Waals surface area contributed by atoms with E-state index in [1.807, 2.05) is 19.1 Å². The molecule has 0 bridgehead atoms. The average Bonchev–Trinajstić information content (AvgIpc) is 2.41. The molecule has 0 saturated carbocycles. The summed E-state index contributed by atoms with van der Waals surface area (Å²) in [6.07, 6.45) is 1.31. The number of likely N-dealkylation sites (tertiary alicyclic amines) is 1. The van der Waals surface area contributed by atoms with Crippen molar-refractivity contribution < 1.29 is 13.2 Å². The maximum absolute atomic E-state index is 12.5. The van der Waals surface area contributed by atoms with Crippen LogP contribution in [-0.2, 0) is 14.8 Å². The Bertz CT molecular complexity index is 632. The molecule has 1 aromatic carbocycles. The summed E-state index contributed by atoms with van der Waals surface area (Å²) in [6, 6.07) is 5.31. The molecule has 6 heteroatoms. The molecule has 0 radical (unpaired) electrons. The molecule has 5 nitrogen and oxygen atoms in total. The summed E-state index contributed by atoms with van der Waals surface area (Å²) in [5.41, 5.74) is 1.67. The van der Waals surface area contributed by atoms with Crippen LogP contribution in [0, 0.1) is 13.8 Å². The first-order chi connectivity index (χ1) is 9.79. The van der Waals surface area contributed by atoms with E-state index in [1.165, 1.54) is 0 Å². The van der Waals surface area contributed by atoms with Gasteiger partial charge in [-0.1, -0.05) is 12.1 Å². The SMILES string of the molecule is CC(=O)N1CCC(NS(=O)(=O)c2cc(C)ccc2C)CC1. The molecule has 0 unspecified atom stereocenters. The molecule has 0 aliphatic carbocycles. The summed E-state index contributed by atoms with van der Waals surface area (Å²) in [6.45, 7) is 6.43. The van der Waals surface area contributed by atoms with Gasteiger partial charge in [0.05, 0.1) is 4.90 Å². The van der Waals surface area contributed by atoms with Crippen LogP contribution in [0.5, 0.6) is 0 Å². The van der Waals surface area contributed by atoms with Crippen LogP contribution in [0.3, 0.4) is 0 Å². The molecule has 1 aromatic rings. The maximum atomic E-state index is 12.5. The molecule has 2 rings (SSSR count). The molecule has 1 N–H and O–H groups in total. The fourth-order valence-corrected chi connectivity index (χ4v) is 4.23. The highest BCUT2D eigenvalue weighted by atomic mass is 32.2. The number of nitrogens with one attached hydrogen (secondary N) is 1. The zero-order chi connectivity index (χ0) is 15.6. The highest BCUT2D eigenvalue weighted by molar-refractivity contribution is 7.89. The van der Waals surface area contributed by atoms with E-state index in [2.05, 4.69) is 4.72 Å². The number of rotatable bonds is 3. The van der Waals surface area contributed by atoms with E-state index < -0.39 is 10.0 Å². The third-order valence-corrected chi connectivity index (χ3v) is 5.56. The fourth-order valence-electron chi connectivity index (χ4n) is 2.59. The minimum atomic E-state index is -3.50. The normalized spacial score (nSPS) is 17.0. The van der Waals surface area contributed by atoms with Crippen molar-refractivity contribution in [2.24, 2.45) is 0 Å². The minimum Gasteiger partial charge on any atom is -0.343 e. The van der Waals surface area contributed by atoms with Gasteiger partial charge >= 0.3 is 0 Å². The first-order valence-corrected chi connectivity index (χ1v) is 8.63. The molecule has 1 aliphatic heterocycles. The Kier molecular flexibility index (Phi) is 4.68. The predicted octanol–water partition coefficient (Wildman–Crippen LogP) is 1.59. The fraction of sp³-hybridized carbons (Fsp3) is 0.533. The number of carbonyl (C=O) groups is 1. The second-order valence-corrected chi connectivity index (χ2v) is 7.35. The van der Waals surface area contributed by atoms with E-state index in [-0.39, 0.29) is 11.9 Å². The van der Waals surface area contributed by atoms with E-state index >= 15 is 0 Å².